The van der Waals surface area contributed by atoms with E-state index in [4.69, 9.17) is 9.72 Å². The summed E-state index contributed by atoms with van der Waals surface area (Å²) in [6.07, 6.45) is 2.42. The minimum Gasteiger partial charge on any atom is -0.481 e. The molecule has 5 rings (SSSR count). The van der Waals surface area contributed by atoms with Crippen LogP contribution in [0.1, 0.15) is 55.1 Å². The summed E-state index contributed by atoms with van der Waals surface area (Å²) < 4.78 is 7.78. The lowest BCUT2D eigenvalue weighted by molar-refractivity contribution is -0.138. The first-order chi connectivity index (χ1) is 16.5. The van der Waals surface area contributed by atoms with Crippen LogP contribution >= 0.6 is 0 Å². The molecule has 2 aromatic carbocycles. The molecule has 0 radical (unpaired) electrons. The number of amides is 1. The molecule has 3 aromatic rings. The number of benzene rings is 2. The largest absolute Gasteiger partial charge is 0.481 e. The molecular formula is C26H29N3O5. The van der Waals surface area contributed by atoms with Crippen LogP contribution in [0.3, 0.4) is 0 Å². The Hall–Kier alpha value is -3.39. The fraction of sp³-hybridized carbons (Fsp3) is 0.423. The number of nitrogens with zero attached hydrogens (tertiary/aromatic N) is 3. The van der Waals surface area contributed by atoms with E-state index in [1.807, 2.05) is 49.4 Å². The van der Waals surface area contributed by atoms with Gasteiger partial charge in [-0.3, -0.25) is 9.69 Å². The van der Waals surface area contributed by atoms with Crippen LogP contribution < -0.4 is 4.90 Å². The molecular weight excluding hydrogens is 434 g/mol. The third-order valence-electron chi connectivity index (χ3n) is 7.18. The van der Waals surface area contributed by atoms with Crippen LogP contribution in [-0.2, 0) is 22.4 Å². The van der Waals surface area contributed by atoms with E-state index < -0.39 is 18.0 Å². The van der Waals surface area contributed by atoms with E-state index >= 15 is 0 Å². The molecule has 178 valence electrons. The van der Waals surface area contributed by atoms with Crippen LogP contribution in [0.2, 0.25) is 0 Å². The van der Waals surface area contributed by atoms with Crippen LogP contribution in [0.5, 0.6) is 0 Å². The minimum atomic E-state index is -0.966. The van der Waals surface area contributed by atoms with Gasteiger partial charge in [0.25, 0.3) is 0 Å². The van der Waals surface area contributed by atoms with Crippen molar-refractivity contribution in [1.29, 1.82) is 0 Å². The van der Waals surface area contributed by atoms with Crippen molar-refractivity contribution in [2.24, 2.45) is 0 Å². The molecule has 2 N–H and O–H groups in total. The maximum atomic E-state index is 12.3. The number of rotatable bonds is 5. The Morgan fingerprint density at radius 3 is 2.50 bits per heavy atom. The van der Waals surface area contributed by atoms with Gasteiger partial charge in [-0.25, -0.2) is 9.78 Å². The van der Waals surface area contributed by atoms with Crippen molar-refractivity contribution in [3.05, 3.63) is 59.4 Å². The highest BCUT2D eigenvalue weighted by Gasteiger charge is 2.33. The standard InChI is InChI=1S/C26H29N3O5/c1-16-7-8-19-21(28(16)26(32)33)9-10-22-24(19)27-23(29(22)18-11-13-34-14-12-18)15-20(25(30)31)17-5-3-2-4-6-17/h2-6,9-10,16,18,20H,7-8,11-15H2,1H3,(H,30,31)(H,32,33)/t16-,20-/m0/s1. The fourth-order valence-corrected chi connectivity index (χ4v) is 5.45. The van der Waals surface area contributed by atoms with Gasteiger partial charge in [-0.1, -0.05) is 30.3 Å². The molecule has 0 unspecified atom stereocenters. The van der Waals surface area contributed by atoms with Crippen molar-refractivity contribution in [2.45, 2.75) is 57.0 Å². The van der Waals surface area contributed by atoms with Gasteiger partial charge in [-0.15, -0.1) is 0 Å². The van der Waals surface area contributed by atoms with Crippen LogP contribution in [0.25, 0.3) is 11.0 Å². The summed E-state index contributed by atoms with van der Waals surface area (Å²) >= 11 is 0. The number of hydrogen-bond acceptors (Lipinski definition) is 4. The summed E-state index contributed by atoms with van der Waals surface area (Å²) in [7, 11) is 0. The predicted molar refractivity (Wildman–Crippen MR) is 128 cm³/mol. The molecule has 3 heterocycles. The molecule has 0 bridgehead atoms. The molecule has 34 heavy (non-hydrogen) atoms. The number of carboxylic acids is 1. The van der Waals surface area contributed by atoms with E-state index in [1.54, 1.807) is 0 Å². The van der Waals surface area contributed by atoms with Gasteiger partial charge in [0.2, 0.25) is 0 Å². The van der Waals surface area contributed by atoms with Gasteiger partial charge in [0.1, 0.15) is 5.82 Å². The van der Waals surface area contributed by atoms with Gasteiger partial charge in [0.15, 0.2) is 0 Å². The molecule has 0 saturated carbocycles. The van der Waals surface area contributed by atoms with E-state index in [-0.39, 0.29) is 18.5 Å². The van der Waals surface area contributed by atoms with Gasteiger partial charge in [-0.2, -0.15) is 0 Å². The van der Waals surface area contributed by atoms with E-state index in [0.29, 0.717) is 18.9 Å². The summed E-state index contributed by atoms with van der Waals surface area (Å²) in [5.74, 6) is -0.875. The molecule has 1 amide bonds. The summed E-state index contributed by atoms with van der Waals surface area (Å²) in [5, 5.41) is 19.9. The molecule has 2 atom stereocenters. The minimum absolute atomic E-state index is 0.103. The van der Waals surface area contributed by atoms with Crippen LogP contribution in [0.4, 0.5) is 10.5 Å². The molecule has 1 aromatic heterocycles. The highest BCUT2D eigenvalue weighted by atomic mass is 16.5. The lowest BCUT2D eigenvalue weighted by Crippen LogP contribution is -2.41. The molecule has 2 aliphatic heterocycles. The van der Waals surface area contributed by atoms with Crippen molar-refractivity contribution < 1.29 is 24.5 Å². The lowest BCUT2D eigenvalue weighted by atomic mass is 9.95. The quantitative estimate of drug-likeness (QED) is 0.572. The molecule has 0 spiro atoms. The normalized spacial score (nSPS) is 19.7. The third-order valence-corrected chi connectivity index (χ3v) is 7.18. The summed E-state index contributed by atoms with van der Waals surface area (Å²) in [6.45, 7) is 3.23. The van der Waals surface area contributed by atoms with Gasteiger partial charge < -0.3 is 19.5 Å². The molecule has 1 fully saturated rings. The lowest BCUT2D eigenvalue weighted by Gasteiger charge is -2.33. The van der Waals surface area contributed by atoms with Crippen molar-refractivity contribution in [3.8, 4) is 0 Å². The zero-order valence-electron chi connectivity index (χ0n) is 19.2. The Morgan fingerprint density at radius 2 is 1.82 bits per heavy atom. The van der Waals surface area contributed by atoms with Crippen LogP contribution in [0.15, 0.2) is 42.5 Å². The van der Waals surface area contributed by atoms with Crippen LogP contribution in [0, 0.1) is 0 Å². The SMILES string of the molecule is C[C@H]1CCc2c(ccc3c2nc(C[C@H](C(=O)O)c2ccccc2)n3C2CCOCC2)N1C(=O)O. The number of fused-ring (bicyclic) bond motifs is 3. The third kappa shape index (κ3) is 3.92. The Bertz CT molecular complexity index is 1220. The van der Waals surface area contributed by atoms with E-state index in [1.165, 1.54) is 4.90 Å². The van der Waals surface area contributed by atoms with Gasteiger partial charge in [0.05, 0.1) is 22.6 Å². The van der Waals surface area contributed by atoms with Crippen molar-refractivity contribution in [1.82, 2.24) is 9.55 Å². The van der Waals surface area contributed by atoms with Gasteiger partial charge in [0, 0.05) is 37.3 Å². The average molecular weight is 464 g/mol. The molecule has 1 saturated heterocycles. The molecule has 8 heteroatoms. The predicted octanol–water partition coefficient (Wildman–Crippen LogP) is 4.62. The Kier molecular flexibility index (Phi) is 6.00. The number of aliphatic carboxylic acids is 1. The smallest absolute Gasteiger partial charge is 0.412 e. The summed E-state index contributed by atoms with van der Waals surface area (Å²) in [4.78, 5) is 30.7. The highest BCUT2D eigenvalue weighted by molar-refractivity contribution is 5.94. The fourth-order valence-electron chi connectivity index (χ4n) is 5.45. The second kappa shape index (κ2) is 9.10. The summed E-state index contributed by atoms with van der Waals surface area (Å²) in [5.41, 5.74) is 4.08. The van der Waals surface area contributed by atoms with Crippen molar-refractivity contribution in [2.75, 3.05) is 18.1 Å². The highest BCUT2D eigenvalue weighted by Crippen LogP contribution is 2.39. The number of aryl methyl sites for hydroxylation is 1. The number of carboxylic acid groups (broad SMARTS) is 2. The van der Waals surface area contributed by atoms with Crippen LogP contribution in [-0.4, -0.2) is 51.1 Å². The first kappa shape index (κ1) is 22.4. The van der Waals surface area contributed by atoms with Crippen molar-refractivity contribution in [3.63, 3.8) is 0 Å². The second-order valence-electron chi connectivity index (χ2n) is 9.22. The van der Waals surface area contributed by atoms with Gasteiger partial charge >= 0.3 is 12.1 Å². The van der Waals surface area contributed by atoms with E-state index in [0.717, 1.165) is 53.7 Å². The summed E-state index contributed by atoms with van der Waals surface area (Å²) in [6, 6.07) is 13.2. The molecule has 0 aliphatic carbocycles. The number of aromatic nitrogens is 2. The first-order valence-corrected chi connectivity index (χ1v) is 11.9. The average Bonchev–Trinajstić information content (AvgIpc) is 3.21. The Labute approximate surface area is 197 Å². The maximum absolute atomic E-state index is 12.3. The zero-order chi connectivity index (χ0) is 23.8. The maximum Gasteiger partial charge on any atom is 0.412 e. The topological polar surface area (TPSA) is 105 Å². The van der Waals surface area contributed by atoms with E-state index in [2.05, 4.69) is 4.57 Å². The first-order valence-electron chi connectivity index (χ1n) is 11.9. The number of hydrogen-bond donors (Lipinski definition) is 2. The number of anilines is 1. The Morgan fingerprint density at radius 1 is 1.09 bits per heavy atom. The second-order valence-corrected chi connectivity index (χ2v) is 9.22. The molecule has 2 aliphatic rings. The number of ether oxygens (including phenoxy) is 1. The van der Waals surface area contributed by atoms with E-state index in [9.17, 15) is 19.8 Å². The number of carbonyl (C=O) groups is 2. The number of imidazole rings is 1. The van der Waals surface area contributed by atoms with Gasteiger partial charge in [-0.05, 0) is 50.3 Å². The zero-order valence-corrected chi connectivity index (χ0v) is 19.2. The molecule has 8 nitrogen and oxygen atoms in total. The monoisotopic (exact) mass is 463 g/mol. The van der Waals surface area contributed by atoms with Crippen molar-refractivity contribution >= 4 is 28.8 Å². The Balaban J connectivity index is 1.66.